The molecule has 0 radical (unpaired) electrons. The van der Waals surface area contributed by atoms with E-state index in [0.29, 0.717) is 17.5 Å². The molecular weight excluding hydrogens is 266 g/mol. The summed E-state index contributed by atoms with van der Waals surface area (Å²) in [6.07, 6.45) is 3.09. The van der Waals surface area contributed by atoms with Crippen LogP contribution in [-0.2, 0) is 0 Å². The third-order valence-corrected chi connectivity index (χ3v) is 3.45. The van der Waals surface area contributed by atoms with Gasteiger partial charge in [0.25, 0.3) is 5.91 Å². The number of carbonyl (C=O) groups excluding carboxylic acids is 1. The van der Waals surface area contributed by atoms with Gasteiger partial charge in [0.05, 0.1) is 5.56 Å². The third-order valence-electron chi connectivity index (χ3n) is 3.45. The van der Waals surface area contributed by atoms with Gasteiger partial charge in [-0.2, -0.15) is 0 Å². The molecule has 0 unspecified atom stereocenters. The lowest BCUT2D eigenvalue weighted by molar-refractivity contribution is 0.0699. The first kappa shape index (κ1) is 15.0. The van der Waals surface area contributed by atoms with Gasteiger partial charge in [0.15, 0.2) is 0 Å². The second kappa shape index (κ2) is 6.88. The van der Waals surface area contributed by atoms with E-state index in [1.807, 2.05) is 12.1 Å². The first-order valence-electron chi connectivity index (χ1n) is 7.18. The number of nitrogens with one attached hydrogen (secondary N) is 1. The van der Waals surface area contributed by atoms with Crippen molar-refractivity contribution in [1.82, 2.24) is 5.32 Å². The minimum absolute atomic E-state index is 0.159. The SMILES string of the molecule is CCCCCNC(=O)c1cccc2cccc(C(=O)O)c12. The molecule has 2 aromatic rings. The normalized spacial score (nSPS) is 10.5. The Morgan fingerprint density at radius 1 is 1.05 bits per heavy atom. The Kier molecular flexibility index (Phi) is 4.93. The van der Waals surface area contributed by atoms with Gasteiger partial charge in [-0.15, -0.1) is 0 Å². The smallest absolute Gasteiger partial charge is 0.336 e. The van der Waals surface area contributed by atoms with Crippen molar-refractivity contribution in [2.24, 2.45) is 0 Å². The molecule has 0 atom stereocenters. The van der Waals surface area contributed by atoms with E-state index < -0.39 is 5.97 Å². The van der Waals surface area contributed by atoms with Crippen molar-refractivity contribution in [3.8, 4) is 0 Å². The van der Waals surface area contributed by atoms with Crippen LogP contribution in [0.15, 0.2) is 36.4 Å². The van der Waals surface area contributed by atoms with Crippen LogP contribution in [0.1, 0.15) is 46.9 Å². The molecule has 2 N–H and O–H groups in total. The van der Waals surface area contributed by atoms with E-state index in [2.05, 4.69) is 12.2 Å². The topological polar surface area (TPSA) is 66.4 Å². The number of carbonyl (C=O) groups is 2. The number of amides is 1. The summed E-state index contributed by atoms with van der Waals surface area (Å²) in [5.74, 6) is -1.24. The van der Waals surface area contributed by atoms with Gasteiger partial charge >= 0.3 is 5.97 Å². The Morgan fingerprint density at radius 3 is 2.33 bits per heavy atom. The number of benzene rings is 2. The van der Waals surface area contributed by atoms with Crippen molar-refractivity contribution < 1.29 is 14.7 Å². The van der Waals surface area contributed by atoms with Gasteiger partial charge in [0, 0.05) is 17.5 Å². The Balaban J connectivity index is 2.35. The molecule has 0 fully saturated rings. The maximum atomic E-state index is 12.3. The van der Waals surface area contributed by atoms with Gasteiger partial charge in [0.1, 0.15) is 0 Å². The third kappa shape index (κ3) is 3.40. The summed E-state index contributed by atoms with van der Waals surface area (Å²) in [6, 6.07) is 10.3. The number of hydrogen-bond donors (Lipinski definition) is 2. The summed E-state index contributed by atoms with van der Waals surface area (Å²) in [5.41, 5.74) is 0.578. The maximum absolute atomic E-state index is 12.3. The molecule has 110 valence electrons. The molecule has 2 aromatic carbocycles. The lowest BCUT2D eigenvalue weighted by atomic mass is 9.98. The summed E-state index contributed by atoms with van der Waals surface area (Å²) in [7, 11) is 0. The summed E-state index contributed by atoms with van der Waals surface area (Å²) in [6.45, 7) is 2.71. The summed E-state index contributed by atoms with van der Waals surface area (Å²) < 4.78 is 0. The molecule has 4 heteroatoms. The van der Waals surface area contributed by atoms with E-state index in [-0.39, 0.29) is 11.5 Å². The number of aromatic carboxylic acids is 1. The zero-order valence-electron chi connectivity index (χ0n) is 12.1. The predicted molar refractivity (Wildman–Crippen MR) is 82.8 cm³/mol. The van der Waals surface area contributed by atoms with Crippen molar-refractivity contribution in [3.63, 3.8) is 0 Å². The molecule has 0 aliphatic carbocycles. The van der Waals surface area contributed by atoms with Crippen LogP contribution in [0.25, 0.3) is 10.8 Å². The average molecular weight is 285 g/mol. The number of hydrogen-bond acceptors (Lipinski definition) is 2. The molecule has 0 aliphatic heterocycles. The highest BCUT2D eigenvalue weighted by atomic mass is 16.4. The lowest BCUT2D eigenvalue weighted by Gasteiger charge is -2.10. The molecule has 0 heterocycles. The van der Waals surface area contributed by atoms with Crippen LogP contribution < -0.4 is 5.32 Å². The van der Waals surface area contributed by atoms with Crippen molar-refractivity contribution in [2.75, 3.05) is 6.54 Å². The van der Waals surface area contributed by atoms with Crippen LogP contribution in [0.3, 0.4) is 0 Å². The van der Waals surface area contributed by atoms with Gasteiger partial charge in [0.2, 0.25) is 0 Å². The summed E-state index contributed by atoms with van der Waals surface area (Å²) in [5, 5.41) is 13.4. The number of carboxylic acid groups (broad SMARTS) is 1. The highest BCUT2D eigenvalue weighted by Gasteiger charge is 2.15. The molecule has 0 saturated heterocycles. The van der Waals surface area contributed by atoms with Crippen LogP contribution in [0, 0.1) is 0 Å². The molecule has 0 bridgehead atoms. The predicted octanol–water partition coefficient (Wildman–Crippen LogP) is 3.46. The molecule has 2 rings (SSSR count). The van der Waals surface area contributed by atoms with Crippen molar-refractivity contribution in [1.29, 1.82) is 0 Å². The fourth-order valence-corrected chi connectivity index (χ4v) is 2.38. The van der Waals surface area contributed by atoms with Gasteiger partial charge in [-0.1, -0.05) is 44.0 Å². The Hall–Kier alpha value is -2.36. The minimum Gasteiger partial charge on any atom is -0.478 e. The largest absolute Gasteiger partial charge is 0.478 e. The van der Waals surface area contributed by atoms with Crippen molar-refractivity contribution in [2.45, 2.75) is 26.2 Å². The average Bonchev–Trinajstić information content (AvgIpc) is 2.50. The maximum Gasteiger partial charge on any atom is 0.336 e. The first-order valence-corrected chi connectivity index (χ1v) is 7.18. The fraction of sp³-hybridized carbons (Fsp3) is 0.294. The standard InChI is InChI=1S/C17H19NO3/c1-2-3-4-11-18-16(19)13-9-5-7-12-8-6-10-14(15(12)13)17(20)21/h5-10H,2-4,11H2,1H3,(H,18,19)(H,20,21). The number of fused-ring (bicyclic) bond motifs is 1. The van der Waals surface area contributed by atoms with Crippen LogP contribution in [0.5, 0.6) is 0 Å². The molecule has 0 aromatic heterocycles. The van der Waals surface area contributed by atoms with Crippen molar-refractivity contribution in [3.05, 3.63) is 47.5 Å². The van der Waals surface area contributed by atoms with Gasteiger partial charge in [-0.05, 0) is 23.9 Å². The zero-order chi connectivity index (χ0) is 15.2. The first-order chi connectivity index (χ1) is 10.1. The highest BCUT2D eigenvalue weighted by molar-refractivity contribution is 6.14. The second-order valence-electron chi connectivity index (χ2n) is 4.98. The monoisotopic (exact) mass is 285 g/mol. The molecule has 0 saturated carbocycles. The molecule has 1 amide bonds. The Bertz CT molecular complexity index is 659. The molecule has 0 aliphatic rings. The number of rotatable bonds is 6. The van der Waals surface area contributed by atoms with Crippen molar-refractivity contribution >= 4 is 22.6 Å². The fourth-order valence-electron chi connectivity index (χ4n) is 2.38. The molecular formula is C17H19NO3. The minimum atomic E-state index is -1.02. The lowest BCUT2D eigenvalue weighted by Crippen LogP contribution is -2.25. The second-order valence-corrected chi connectivity index (χ2v) is 4.98. The van der Waals surface area contributed by atoms with E-state index in [1.165, 1.54) is 6.07 Å². The van der Waals surface area contributed by atoms with Crippen LogP contribution >= 0.6 is 0 Å². The van der Waals surface area contributed by atoms with E-state index >= 15 is 0 Å². The van der Waals surface area contributed by atoms with E-state index in [4.69, 9.17) is 0 Å². The Morgan fingerprint density at radius 2 is 1.71 bits per heavy atom. The summed E-state index contributed by atoms with van der Waals surface area (Å²) in [4.78, 5) is 23.6. The summed E-state index contributed by atoms with van der Waals surface area (Å²) >= 11 is 0. The quantitative estimate of drug-likeness (QED) is 0.799. The molecule has 0 spiro atoms. The van der Waals surface area contributed by atoms with Gasteiger partial charge in [-0.25, -0.2) is 4.79 Å². The number of carboxylic acids is 1. The Labute approximate surface area is 123 Å². The number of unbranched alkanes of at least 4 members (excludes halogenated alkanes) is 2. The van der Waals surface area contributed by atoms with Crippen LogP contribution in [-0.4, -0.2) is 23.5 Å². The van der Waals surface area contributed by atoms with Crippen LogP contribution in [0.2, 0.25) is 0 Å². The zero-order valence-corrected chi connectivity index (χ0v) is 12.1. The molecule has 21 heavy (non-hydrogen) atoms. The van der Waals surface area contributed by atoms with Crippen LogP contribution in [0.4, 0.5) is 0 Å². The highest BCUT2D eigenvalue weighted by Crippen LogP contribution is 2.23. The molecule has 4 nitrogen and oxygen atoms in total. The van der Waals surface area contributed by atoms with Gasteiger partial charge < -0.3 is 10.4 Å². The van der Waals surface area contributed by atoms with Gasteiger partial charge in [-0.3, -0.25) is 4.79 Å². The van der Waals surface area contributed by atoms with E-state index in [1.54, 1.807) is 18.2 Å². The van der Waals surface area contributed by atoms with E-state index in [9.17, 15) is 14.7 Å². The van der Waals surface area contributed by atoms with E-state index in [0.717, 1.165) is 24.6 Å².